The molecular formula is C12H14N6O2. The molecule has 2 amide bonds. The van der Waals surface area contributed by atoms with Crippen LogP contribution in [0.3, 0.4) is 0 Å². The number of nitrogens with zero attached hydrogens (tertiary/aromatic N) is 3. The lowest BCUT2D eigenvalue weighted by molar-refractivity contribution is 0.0999. The van der Waals surface area contributed by atoms with E-state index in [9.17, 15) is 9.59 Å². The highest BCUT2D eigenvalue weighted by Gasteiger charge is 2.09. The maximum Gasteiger partial charge on any atom is 0.248 e. The van der Waals surface area contributed by atoms with Gasteiger partial charge in [-0.05, 0) is 18.2 Å². The van der Waals surface area contributed by atoms with Gasteiger partial charge in [0.1, 0.15) is 0 Å². The topological polar surface area (TPSA) is 129 Å². The van der Waals surface area contributed by atoms with Crippen LogP contribution in [0.2, 0.25) is 0 Å². The molecule has 0 atom stereocenters. The normalized spacial score (nSPS) is 10.2. The maximum atomic E-state index is 11.2. The number of anilines is 1. The third kappa shape index (κ3) is 2.91. The van der Waals surface area contributed by atoms with Crippen molar-refractivity contribution in [1.29, 1.82) is 0 Å². The standard InChI is InChI=1S/C12H14N6O2/c1-18-10(6-16-17-18)5-15-9-3-7(11(13)19)2-8(4-9)12(14)20/h2-4,6,15H,5H2,1H3,(H2,13,19)(H2,14,20). The Morgan fingerprint density at radius 2 is 1.80 bits per heavy atom. The fraction of sp³-hybridized carbons (Fsp3) is 0.167. The molecule has 0 bridgehead atoms. The number of primary amides is 2. The van der Waals surface area contributed by atoms with Crippen LogP contribution in [0.5, 0.6) is 0 Å². The summed E-state index contributed by atoms with van der Waals surface area (Å²) in [6.07, 6.45) is 1.61. The number of carbonyl (C=O) groups excluding carboxylic acids is 2. The number of hydrogen-bond donors (Lipinski definition) is 3. The zero-order valence-corrected chi connectivity index (χ0v) is 10.8. The summed E-state index contributed by atoms with van der Waals surface area (Å²) >= 11 is 0. The van der Waals surface area contributed by atoms with Crippen LogP contribution < -0.4 is 16.8 Å². The monoisotopic (exact) mass is 274 g/mol. The Kier molecular flexibility index (Phi) is 3.65. The molecule has 0 saturated carbocycles. The van der Waals surface area contributed by atoms with Gasteiger partial charge in [-0.25, -0.2) is 0 Å². The first kappa shape index (κ1) is 13.5. The molecule has 0 aliphatic rings. The van der Waals surface area contributed by atoms with Gasteiger partial charge in [0.05, 0.1) is 18.4 Å². The van der Waals surface area contributed by atoms with Crippen LogP contribution in [0.4, 0.5) is 5.69 Å². The summed E-state index contributed by atoms with van der Waals surface area (Å²) in [7, 11) is 1.76. The van der Waals surface area contributed by atoms with Crippen molar-refractivity contribution in [2.45, 2.75) is 6.54 Å². The van der Waals surface area contributed by atoms with Crippen LogP contribution in [0.25, 0.3) is 0 Å². The number of rotatable bonds is 5. The lowest BCUT2D eigenvalue weighted by Gasteiger charge is -2.09. The average Bonchev–Trinajstić information content (AvgIpc) is 2.81. The quantitative estimate of drug-likeness (QED) is 0.684. The number of aromatic nitrogens is 3. The van der Waals surface area contributed by atoms with Gasteiger partial charge in [0.25, 0.3) is 0 Å². The van der Waals surface area contributed by atoms with Crippen molar-refractivity contribution in [1.82, 2.24) is 15.0 Å². The Balaban J connectivity index is 2.24. The molecule has 8 nitrogen and oxygen atoms in total. The van der Waals surface area contributed by atoms with E-state index in [2.05, 4.69) is 15.6 Å². The molecule has 1 heterocycles. The summed E-state index contributed by atoms with van der Waals surface area (Å²) in [6.45, 7) is 0.434. The van der Waals surface area contributed by atoms with Crippen LogP contribution >= 0.6 is 0 Å². The molecular weight excluding hydrogens is 260 g/mol. The summed E-state index contributed by atoms with van der Waals surface area (Å²) in [5.74, 6) is -1.25. The van der Waals surface area contributed by atoms with Gasteiger partial charge in [0.2, 0.25) is 11.8 Å². The van der Waals surface area contributed by atoms with E-state index in [4.69, 9.17) is 11.5 Å². The first-order valence-corrected chi connectivity index (χ1v) is 5.79. The molecule has 2 rings (SSSR count). The average molecular weight is 274 g/mol. The van der Waals surface area contributed by atoms with Gasteiger partial charge in [0.15, 0.2) is 0 Å². The number of aryl methyl sites for hydroxylation is 1. The van der Waals surface area contributed by atoms with E-state index in [1.807, 2.05) is 0 Å². The highest BCUT2D eigenvalue weighted by atomic mass is 16.1. The molecule has 0 radical (unpaired) electrons. The van der Waals surface area contributed by atoms with Crippen molar-refractivity contribution in [2.24, 2.45) is 18.5 Å². The van der Waals surface area contributed by atoms with Crippen LogP contribution in [-0.2, 0) is 13.6 Å². The van der Waals surface area contributed by atoms with E-state index in [1.165, 1.54) is 6.07 Å². The van der Waals surface area contributed by atoms with Crippen molar-refractivity contribution in [3.63, 3.8) is 0 Å². The molecule has 0 saturated heterocycles. The summed E-state index contributed by atoms with van der Waals surface area (Å²) in [6, 6.07) is 4.47. The van der Waals surface area contributed by atoms with E-state index >= 15 is 0 Å². The Bertz CT molecular complexity index is 631. The number of amides is 2. The molecule has 8 heteroatoms. The van der Waals surface area contributed by atoms with E-state index in [1.54, 1.807) is 30.1 Å². The van der Waals surface area contributed by atoms with Crippen molar-refractivity contribution >= 4 is 17.5 Å². The molecule has 1 aromatic heterocycles. The Morgan fingerprint density at radius 3 is 2.25 bits per heavy atom. The minimum Gasteiger partial charge on any atom is -0.379 e. The van der Waals surface area contributed by atoms with E-state index in [0.717, 1.165) is 5.69 Å². The first-order chi connectivity index (χ1) is 9.47. The number of nitrogens with two attached hydrogens (primary N) is 2. The highest BCUT2D eigenvalue weighted by molar-refractivity contribution is 5.99. The van der Waals surface area contributed by atoms with Crippen LogP contribution in [0, 0.1) is 0 Å². The van der Waals surface area contributed by atoms with Crippen LogP contribution in [0.1, 0.15) is 26.4 Å². The zero-order valence-electron chi connectivity index (χ0n) is 10.8. The second kappa shape index (κ2) is 5.39. The van der Waals surface area contributed by atoms with E-state index < -0.39 is 11.8 Å². The zero-order chi connectivity index (χ0) is 14.7. The minimum absolute atomic E-state index is 0.215. The number of carbonyl (C=O) groups is 2. The number of benzene rings is 1. The smallest absolute Gasteiger partial charge is 0.248 e. The minimum atomic E-state index is -0.627. The molecule has 1 aromatic carbocycles. The predicted molar refractivity (Wildman–Crippen MR) is 71.8 cm³/mol. The van der Waals surface area contributed by atoms with Crippen LogP contribution in [-0.4, -0.2) is 26.8 Å². The molecule has 0 aliphatic heterocycles. The molecule has 5 N–H and O–H groups in total. The van der Waals surface area contributed by atoms with Crippen molar-refractivity contribution in [3.8, 4) is 0 Å². The maximum absolute atomic E-state index is 11.2. The highest BCUT2D eigenvalue weighted by Crippen LogP contribution is 2.15. The molecule has 0 spiro atoms. The van der Waals surface area contributed by atoms with Gasteiger partial charge in [-0.3, -0.25) is 14.3 Å². The predicted octanol–water partition coefficient (Wildman–Crippen LogP) is -0.375. The SMILES string of the molecule is Cn1nncc1CNc1cc(C(N)=O)cc(C(N)=O)c1. The summed E-state index contributed by atoms with van der Waals surface area (Å²) in [4.78, 5) is 22.5. The Morgan fingerprint density at radius 1 is 1.20 bits per heavy atom. The van der Waals surface area contributed by atoms with Crippen molar-refractivity contribution < 1.29 is 9.59 Å². The number of nitrogens with one attached hydrogen (secondary N) is 1. The van der Waals surface area contributed by atoms with Crippen molar-refractivity contribution in [3.05, 3.63) is 41.2 Å². The van der Waals surface area contributed by atoms with Gasteiger partial charge in [0, 0.05) is 23.9 Å². The van der Waals surface area contributed by atoms with Gasteiger partial charge in [-0.1, -0.05) is 5.21 Å². The molecule has 0 unspecified atom stereocenters. The third-order valence-corrected chi connectivity index (χ3v) is 2.78. The molecule has 20 heavy (non-hydrogen) atoms. The number of hydrogen-bond acceptors (Lipinski definition) is 5. The Hall–Kier alpha value is -2.90. The van der Waals surface area contributed by atoms with Gasteiger partial charge in [-0.15, -0.1) is 5.10 Å². The molecule has 104 valence electrons. The fourth-order valence-corrected chi connectivity index (χ4v) is 1.68. The van der Waals surface area contributed by atoms with E-state index in [-0.39, 0.29) is 11.1 Å². The molecule has 0 aliphatic carbocycles. The second-order valence-electron chi connectivity index (χ2n) is 4.23. The van der Waals surface area contributed by atoms with Crippen molar-refractivity contribution in [2.75, 3.05) is 5.32 Å². The lowest BCUT2D eigenvalue weighted by atomic mass is 10.1. The third-order valence-electron chi connectivity index (χ3n) is 2.78. The molecule has 0 fully saturated rings. The molecule has 2 aromatic rings. The summed E-state index contributed by atoms with van der Waals surface area (Å²) in [5, 5.41) is 10.6. The largest absolute Gasteiger partial charge is 0.379 e. The van der Waals surface area contributed by atoms with Gasteiger partial charge < -0.3 is 16.8 Å². The van der Waals surface area contributed by atoms with Gasteiger partial charge in [-0.2, -0.15) is 0 Å². The lowest BCUT2D eigenvalue weighted by Crippen LogP contribution is -2.16. The Labute approximate surface area is 114 Å². The second-order valence-corrected chi connectivity index (χ2v) is 4.23. The fourth-order valence-electron chi connectivity index (χ4n) is 1.68. The summed E-state index contributed by atoms with van der Waals surface area (Å²) < 4.78 is 1.61. The first-order valence-electron chi connectivity index (χ1n) is 5.79. The van der Waals surface area contributed by atoms with E-state index in [0.29, 0.717) is 12.2 Å². The van der Waals surface area contributed by atoms with Gasteiger partial charge >= 0.3 is 0 Å². The summed E-state index contributed by atoms with van der Waals surface area (Å²) in [5.41, 5.74) is 12.3. The van der Waals surface area contributed by atoms with Crippen LogP contribution in [0.15, 0.2) is 24.4 Å².